The number of nitrogens with one attached hydrogen (secondary N) is 2. The second-order valence-corrected chi connectivity index (χ2v) is 6.75. The molecule has 0 radical (unpaired) electrons. The van der Waals surface area contributed by atoms with Crippen LogP contribution in [0.15, 0.2) is 36.9 Å². The number of rotatable bonds is 4. The number of hydrogen-bond acceptors (Lipinski definition) is 2. The zero-order chi connectivity index (χ0) is 18.0. The van der Waals surface area contributed by atoms with Crippen molar-refractivity contribution in [1.82, 2.24) is 10.2 Å². The van der Waals surface area contributed by atoms with Gasteiger partial charge in [-0.05, 0) is 49.4 Å². The van der Waals surface area contributed by atoms with E-state index in [0.29, 0.717) is 18.4 Å². The Labute approximate surface area is 145 Å². The van der Waals surface area contributed by atoms with E-state index >= 15 is 0 Å². The SMILES string of the molecule is C=C[C@H]1CN2CC[C@H]1C[C@@H]2CNC(=O)Nc1cccc(C(F)(F)F)c1. The standard InChI is InChI=1S/C18H22F3N3O/c1-2-12-11-24-7-6-13(12)8-16(24)10-22-17(25)23-15-5-3-4-14(9-15)18(19,20)21/h2-5,9,12-13,16H,1,6-8,10-11H2,(H2,22,23,25)/t12-,13-,16+/m0/s1. The first-order valence-electron chi connectivity index (χ1n) is 8.45. The fraction of sp³-hybridized carbons (Fsp3) is 0.500. The summed E-state index contributed by atoms with van der Waals surface area (Å²) in [6.45, 7) is 6.37. The molecule has 0 aliphatic carbocycles. The maximum absolute atomic E-state index is 12.7. The summed E-state index contributed by atoms with van der Waals surface area (Å²) >= 11 is 0. The van der Waals surface area contributed by atoms with Crippen LogP contribution in [0.2, 0.25) is 0 Å². The summed E-state index contributed by atoms with van der Waals surface area (Å²) in [6.07, 6.45) is -0.241. The predicted octanol–water partition coefficient (Wildman–Crippen LogP) is 3.72. The number of fused-ring (bicyclic) bond motifs is 3. The number of carbonyl (C=O) groups is 1. The topological polar surface area (TPSA) is 44.4 Å². The van der Waals surface area contributed by atoms with Gasteiger partial charge >= 0.3 is 12.2 Å². The van der Waals surface area contributed by atoms with E-state index < -0.39 is 17.8 Å². The lowest BCUT2D eigenvalue weighted by Gasteiger charge is -2.49. The molecule has 2 N–H and O–H groups in total. The number of nitrogens with zero attached hydrogens (tertiary/aromatic N) is 1. The number of piperidine rings is 3. The molecule has 0 spiro atoms. The van der Waals surface area contributed by atoms with Crippen molar-refractivity contribution in [3.8, 4) is 0 Å². The maximum atomic E-state index is 12.7. The molecule has 4 rings (SSSR count). The first-order valence-corrected chi connectivity index (χ1v) is 8.45. The van der Waals surface area contributed by atoms with Crippen LogP contribution >= 0.6 is 0 Å². The highest BCUT2D eigenvalue weighted by molar-refractivity contribution is 5.89. The second kappa shape index (κ2) is 7.07. The second-order valence-electron chi connectivity index (χ2n) is 6.75. The molecule has 3 fully saturated rings. The van der Waals surface area contributed by atoms with E-state index in [0.717, 1.165) is 38.1 Å². The fourth-order valence-corrected chi connectivity index (χ4v) is 3.82. The van der Waals surface area contributed by atoms with Crippen molar-refractivity contribution in [2.24, 2.45) is 11.8 Å². The highest BCUT2D eigenvalue weighted by Gasteiger charge is 2.38. The molecule has 3 aliphatic rings. The van der Waals surface area contributed by atoms with Gasteiger partial charge in [0, 0.05) is 24.8 Å². The van der Waals surface area contributed by atoms with E-state index in [1.807, 2.05) is 6.08 Å². The summed E-state index contributed by atoms with van der Waals surface area (Å²) < 4.78 is 38.1. The Hall–Kier alpha value is -2.02. The van der Waals surface area contributed by atoms with Crippen LogP contribution in [0.3, 0.4) is 0 Å². The van der Waals surface area contributed by atoms with Crippen molar-refractivity contribution in [1.29, 1.82) is 0 Å². The third-order valence-corrected chi connectivity index (χ3v) is 5.18. The number of alkyl halides is 3. The number of benzene rings is 1. The van der Waals surface area contributed by atoms with Gasteiger partial charge in [-0.3, -0.25) is 4.90 Å². The number of anilines is 1. The molecule has 2 bridgehead atoms. The quantitative estimate of drug-likeness (QED) is 0.811. The predicted molar refractivity (Wildman–Crippen MR) is 90.2 cm³/mol. The van der Waals surface area contributed by atoms with E-state index in [9.17, 15) is 18.0 Å². The summed E-state index contributed by atoms with van der Waals surface area (Å²) in [5.41, 5.74) is -0.652. The van der Waals surface area contributed by atoms with Gasteiger partial charge in [-0.1, -0.05) is 12.1 Å². The number of amides is 2. The Morgan fingerprint density at radius 2 is 2.20 bits per heavy atom. The van der Waals surface area contributed by atoms with Gasteiger partial charge in [0.2, 0.25) is 0 Å². The van der Waals surface area contributed by atoms with E-state index in [-0.39, 0.29) is 11.7 Å². The van der Waals surface area contributed by atoms with E-state index in [4.69, 9.17) is 0 Å². The van der Waals surface area contributed by atoms with Crippen LogP contribution in [0, 0.1) is 11.8 Å². The summed E-state index contributed by atoms with van der Waals surface area (Å²) in [7, 11) is 0. The highest BCUT2D eigenvalue weighted by atomic mass is 19.4. The molecular formula is C18H22F3N3O. The van der Waals surface area contributed by atoms with Crippen LogP contribution in [0.1, 0.15) is 18.4 Å². The zero-order valence-corrected chi connectivity index (χ0v) is 13.9. The third-order valence-electron chi connectivity index (χ3n) is 5.18. The van der Waals surface area contributed by atoms with Gasteiger partial charge in [0.05, 0.1) is 5.56 Å². The normalized spacial score (nSPS) is 28.4. The average Bonchev–Trinajstić information content (AvgIpc) is 2.60. The van der Waals surface area contributed by atoms with Crippen molar-refractivity contribution in [2.75, 3.05) is 25.0 Å². The molecule has 0 aromatic heterocycles. The molecule has 136 valence electrons. The maximum Gasteiger partial charge on any atom is 0.416 e. The third kappa shape index (κ3) is 4.15. The van der Waals surface area contributed by atoms with Crippen LogP contribution in [-0.2, 0) is 6.18 Å². The van der Waals surface area contributed by atoms with Crippen molar-refractivity contribution < 1.29 is 18.0 Å². The van der Waals surface area contributed by atoms with E-state index in [1.165, 1.54) is 12.1 Å². The molecule has 1 aromatic carbocycles. The summed E-state index contributed by atoms with van der Waals surface area (Å²) in [5, 5.41) is 5.25. The minimum atomic E-state index is -4.43. The van der Waals surface area contributed by atoms with Crippen LogP contribution in [0.4, 0.5) is 23.7 Å². The molecule has 0 saturated carbocycles. The molecule has 3 saturated heterocycles. The molecule has 7 heteroatoms. The first kappa shape index (κ1) is 17.8. The molecule has 3 heterocycles. The zero-order valence-electron chi connectivity index (χ0n) is 13.9. The number of hydrogen-bond donors (Lipinski definition) is 2. The van der Waals surface area contributed by atoms with Gasteiger partial charge in [0.15, 0.2) is 0 Å². The molecule has 25 heavy (non-hydrogen) atoms. The Morgan fingerprint density at radius 1 is 1.40 bits per heavy atom. The van der Waals surface area contributed by atoms with Crippen LogP contribution < -0.4 is 10.6 Å². The van der Waals surface area contributed by atoms with Gasteiger partial charge in [-0.15, -0.1) is 6.58 Å². The molecule has 1 aromatic rings. The van der Waals surface area contributed by atoms with Crippen molar-refractivity contribution >= 4 is 11.7 Å². The lowest BCUT2D eigenvalue weighted by molar-refractivity contribution is -0.137. The van der Waals surface area contributed by atoms with Crippen LogP contribution in [0.5, 0.6) is 0 Å². The number of carbonyl (C=O) groups excluding carboxylic acids is 1. The smallest absolute Gasteiger partial charge is 0.336 e. The molecule has 1 unspecified atom stereocenters. The Morgan fingerprint density at radius 3 is 2.84 bits per heavy atom. The fourth-order valence-electron chi connectivity index (χ4n) is 3.82. The van der Waals surface area contributed by atoms with Crippen LogP contribution in [0.25, 0.3) is 0 Å². The summed E-state index contributed by atoms with van der Waals surface area (Å²) in [6, 6.07) is 4.42. The minimum absolute atomic E-state index is 0.129. The van der Waals surface area contributed by atoms with Crippen molar-refractivity contribution in [2.45, 2.75) is 25.1 Å². The average molecular weight is 353 g/mol. The van der Waals surface area contributed by atoms with E-state index in [1.54, 1.807) is 0 Å². The summed E-state index contributed by atoms with van der Waals surface area (Å²) in [4.78, 5) is 14.4. The highest BCUT2D eigenvalue weighted by Crippen LogP contribution is 2.36. The van der Waals surface area contributed by atoms with Gasteiger partial charge in [-0.2, -0.15) is 13.2 Å². The lowest BCUT2D eigenvalue weighted by atomic mass is 9.75. The molecule has 3 aliphatic heterocycles. The Balaban J connectivity index is 1.52. The van der Waals surface area contributed by atoms with Crippen molar-refractivity contribution in [3.63, 3.8) is 0 Å². The van der Waals surface area contributed by atoms with E-state index in [2.05, 4.69) is 22.1 Å². The first-order chi connectivity index (χ1) is 11.9. The van der Waals surface area contributed by atoms with Gasteiger partial charge < -0.3 is 10.6 Å². The Bertz CT molecular complexity index is 647. The minimum Gasteiger partial charge on any atom is -0.336 e. The molecule has 4 atom stereocenters. The Kier molecular flexibility index (Phi) is 5.03. The van der Waals surface area contributed by atoms with Crippen LogP contribution in [-0.4, -0.2) is 36.6 Å². The molecule has 4 nitrogen and oxygen atoms in total. The molecule has 2 amide bonds. The molecular weight excluding hydrogens is 331 g/mol. The number of urea groups is 1. The van der Waals surface area contributed by atoms with Gasteiger partial charge in [0.25, 0.3) is 0 Å². The van der Waals surface area contributed by atoms with Crippen molar-refractivity contribution in [3.05, 3.63) is 42.5 Å². The van der Waals surface area contributed by atoms with Gasteiger partial charge in [0.1, 0.15) is 0 Å². The van der Waals surface area contributed by atoms with Gasteiger partial charge in [-0.25, -0.2) is 4.79 Å². The largest absolute Gasteiger partial charge is 0.416 e. The summed E-state index contributed by atoms with van der Waals surface area (Å²) in [5.74, 6) is 1.13. The number of halogens is 3. The monoisotopic (exact) mass is 353 g/mol. The lowest BCUT2D eigenvalue weighted by Crippen LogP contribution is -2.56.